The predicted octanol–water partition coefficient (Wildman–Crippen LogP) is 2.78. The predicted molar refractivity (Wildman–Crippen MR) is 98.8 cm³/mol. The molecule has 0 atom stereocenters. The molecule has 2 amide bonds. The van der Waals surface area contributed by atoms with Crippen LogP contribution in [0.2, 0.25) is 0 Å². The van der Waals surface area contributed by atoms with Crippen molar-refractivity contribution < 1.29 is 19.1 Å². The molecule has 0 saturated heterocycles. The first-order valence-electron chi connectivity index (χ1n) is 7.49. The molecule has 7 heteroatoms. The Morgan fingerprint density at radius 2 is 1.36 bits per heavy atom. The Kier molecular flexibility index (Phi) is 7.03. The minimum Gasteiger partial charge on any atom is -0.465 e. The van der Waals surface area contributed by atoms with Crippen molar-refractivity contribution in [2.75, 3.05) is 29.2 Å². The van der Waals surface area contributed by atoms with Crippen LogP contribution in [0.15, 0.2) is 54.6 Å². The van der Waals surface area contributed by atoms with Gasteiger partial charge in [0.15, 0.2) is 0 Å². The Morgan fingerprint density at radius 1 is 0.840 bits per heavy atom. The molecular formula is C18H18N2O4S. The molecule has 2 aromatic carbocycles. The van der Waals surface area contributed by atoms with Gasteiger partial charge >= 0.3 is 5.97 Å². The summed E-state index contributed by atoms with van der Waals surface area (Å²) in [5, 5.41) is 5.46. The second-order valence-corrected chi connectivity index (χ2v) is 6.01. The number of thioether (sulfide) groups is 1. The Labute approximate surface area is 149 Å². The zero-order valence-corrected chi connectivity index (χ0v) is 14.5. The summed E-state index contributed by atoms with van der Waals surface area (Å²) >= 11 is 1.22. The number of methoxy groups -OCH3 is 1. The van der Waals surface area contributed by atoms with Gasteiger partial charge < -0.3 is 15.4 Å². The van der Waals surface area contributed by atoms with Crippen molar-refractivity contribution in [3.05, 3.63) is 60.2 Å². The van der Waals surface area contributed by atoms with Gasteiger partial charge in [0.2, 0.25) is 11.8 Å². The van der Waals surface area contributed by atoms with E-state index < -0.39 is 5.97 Å². The third kappa shape index (κ3) is 6.31. The lowest BCUT2D eigenvalue weighted by Crippen LogP contribution is -2.18. The van der Waals surface area contributed by atoms with Crippen LogP contribution in [-0.2, 0) is 14.3 Å². The molecule has 25 heavy (non-hydrogen) atoms. The SMILES string of the molecule is COC(=O)c1ccc(NC(=O)CSCC(=O)Nc2ccccc2)cc1. The van der Waals surface area contributed by atoms with Gasteiger partial charge in [-0.05, 0) is 36.4 Å². The number of amides is 2. The van der Waals surface area contributed by atoms with Crippen molar-refractivity contribution in [1.29, 1.82) is 0 Å². The number of nitrogens with one attached hydrogen (secondary N) is 2. The highest BCUT2D eigenvalue weighted by molar-refractivity contribution is 8.00. The summed E-state index contributed by atoms with van der Waals surface area (Å²) in [6.07, 6.45) is 0. The number of benzene rings is 2. The molecule has 2 aromatic rings. The van der Waals surface area contributed by atoms with Crippen molar-refractivity contribution >= 4 is 40.9 Å². The van der Waals surface area contributed by atoms with E-state index in [2.05, 4.69) is 15.4 Å². The lowest BCUT2D eigenvalue weighted by molar-refractivity contribution is -0.114. The van der Waals surface area contributed by atoms with Crippen LogP contribution in [0.1, 0.15) is 10.4 Å². The Hall–Kier alpha value is -2.80. The molecule has 0 aliphatic rings. The lowest BCUT2D eigenvalue weighted by Gasteiger charge is -2.07. The highest BCUT2D eigenvalue weighted by Gasteiger charge is 2.08. The standard InChI is InChI=1S/C18H18N2O4S/c1-24-18(23)13-7-9-15(10-8-13)20-17(22)12-25-11-16(21)19-14-5-3-2-4-6-14/h2-10H,11-12H2,1H3,(H,19,21)(H,20,22). The van der Waals surface area contributed by atoms with Crippen LogP contribution in [0.25, 0.3) is 0 Å². The van der Waals surface area contributed by atoms with Crippen LogP contribution < -0.4 is 10.6 Å². The second kappa shape index (κ2) is 9.48. The second-order valence-electron chi connectivity index (χ2n) is 5.02. The minimum atomic E-state index is -0.433. The van der Waals surface area contributed by atoms with E-state index in [4.69, 9.17) is 0 Å². The fourth-order valence-electron chi connectivity index (χ4n) is 1.96. The first-order chi connectivity index (χ1) is 12.1. The van der Waals surface area contributed by atoms with Gasteiger partial charge in [0.05, 0.1) is 24.2 Å². The van der Waals surface area contributed by atoms with Crippen LogP contribution in [0.4, 0.5) is 11.4 Å². The number of esters is 1. The Bertz CT molecular complexity index is 733. The third-order valence-electron chi connectivity index (χ3n) is 3.11. The molecule has 0 heterocycles. The number of rotatable bonds is 7. The van der Waals surface area contributed by atoms with Crippen LogP contribution in [0, 0.1) is 0 Å². The molecule has 0 aromatic heterocycles. The van der Waals surface area contributed by atoms with E-state index in [9.17, 15) is 14.4 Å². The first kappa shape index (κ1) is 18.5. The van der Waals surface area contributed by atoms with Crippen molar-refractivity contribution in [2.45, 2.75) is 0 Å². The molecule has 2 N–H and O–H groups in total. The van der Waals surface area contributed by atoms with Crippen LogP contribution in [0.3, 0.4) is 0 Å². The van der Waals surface area contributed by atoms with E-state index >= 15 is 0 Å². The van der Waals surface area contributed by atoms with E-state index in [1.807, 2.05) is 18.2 Å². The molecule has 0 saturated carbocycles. The summed E-state index contributed by atoms with van der Waals surface area (Å²) in [4.78, 5) is 35.0. The average molecular weight is 358 g/mol. The van der Waals surface area contributed by atoms with Gasteiger partial charge in [-0.15, -0.1) is 11.8 Å². The van der Waals surface area contributed by atoms with Gasteiger partial charge in [-0.1, -0.05) is 18.2 Å². The number of ether oxygens (including phenoxy) is 1. The summed E-state index contributed by atoms with van der Waals surface area (Å²) < 4.78 is 4.61. The van der Waals surface area contributed by atoms with Gasteiger partial charge in [-0.3, -0.25) is 9.59 Å². The molecular weight excluding hydrogens is 340 g/mol. The molecule has 0 unspecified atom stereocenters. The fourth-order valence-corrected chi connectivity index (χ4v) is 2.58. The van der Waals surface area contributed by atoms with Gasteiger partial charge in [0.25, 0.3) is 0 Å². The Morgan fingerprint density at radius 3 is 1.88 bits per heavy atom. The highest BCUT2D eigenvalue weighted by atomic mass is 32.2. The van der Waals surface area contributed by atoms with Gasteiger partial charge in [0.1, 0.15) is 0 Å². The molecule has 2 rings (SSSR count). The van der Waals surface area contributed by atoms with Crippen LogP contribution >= 0.6 is 11.8 Å². The number of carbonyl (C=O) groups excluding carboxylic acids is 3. The van der Waals surface area contributed by atoms with Crippen molar-refractivity contribution in [3.8, 4) is 0 Å². The summed E-state index contributed by atoms with van der Waals surface area (Å²) in [5.74, 6) is -0.475. The molecule has 6 nitrogen and oxygen atoms in total. The van der Waals surface area contributed by atoms with Gasteiger partial charge in [0, 0.05) is 11.4 Å². The fraction of sp³-hybridized carbons (Fsp3) is 0.167. The number of anilines is 2. The smallest absolute Gasteiger partial charge is 0.337 e. The summed E-state index contributed by atoms with van der Waals surface area (Å²) in [5.41, 5.74) is 1.71. The van der Waals surface area contributed by atoms with Gasteiger partial charge in [-0.25, -0.2) is 4.79 Å². The van der Waals surface area contributed by atoms with Crippen LogP contribution in [-0.4, -0.2) is 36.4 Å². The summed E-state index contributed by atoms with van der Waals surface area (Å²) in [6.45, 7) is 0. The minimum absolute atomic E-state index is 0.154. The van der Waals surface area contributed by atoms with E-state index in [0.29, 0.717) is 11.3 Å². The van der Waals surface area contributed by atoms with Crippen molar-refractivity contribution in [1.82, 2.24) is 0 Å². The number of hydrogen-bond acceptors (Lipinski definition) is 5. The first-order valence-corrected chi connectivity index (χ1v) is 8.65. The van der Waals surface area contributed by atoms with Crippen LogP contribution in [0.5, 0.6) is 0 Å². The molecule has 0 aliphatic carbocycles. The summed E-state index contributed by atoms with van der Waals surface area (Å²) in [6, 6.07) is 15.5. The third-order valence-corrected chi connectivity index (χ3v) is 4.05. The topological polar surface area (TPSA) is 84.5 Å². The largest absolute Gasteiger partial charge is 0.465 e. The maximum atomic E-state index is 11.9. The molecule has 0 radical (unpaired) electrons. The number of hydrogen-bond donors (Lipinski definition) is 2. The molecule has 0 spiro atoms. The average Bonchev–Trinajstić information content (AvgIpc) is 2.62. The molecule has 0 bridgehead atoms. The molecule has 130 valence electrons. The lowest BCUT2D eigenvalue weighted by atomic mass is 10.2. The monoisotopic (exact) mass is 358 g/mol. The quantitative estimate of drug-likeness (QED) is 0.744. The zero-order chi connectivity index (χ0) is 18.1. The maximum Gasteiger partial charge on any atom is 0.337 e. The maximum absolute atomic E-state index is 11.9. The summed E-state index contributed by atoms with van der Waals surface area (Å²) in [7, 11) is 1.31. The Balaban J connectivity index is 1.71. The van der Waals surface area contributed by atoms with E-state index in [-0.39, 0.29) is 23.3 Å². The number of para-hydroxylation sites is 1. The van der Waals surface area contributed by atoms with E-state index in [1.165, 1.54) is 18.9 Å². The molecule has 0 aliphatic heterocycles. The number of carbonyl (C=O) groups is 3. The van der Waals surface area contributed by atoms with E-state index in [0.717, 1.165) is 5.69 Å². The normalized spacial score (nSPS) is 9.96. The van der Waals surface area contributed by atoms with E-state index in [1.54, 1.807) is 36.4 Å². The highest BCUT2D eigenvalue weighted by Crippen LogP contribution is 2.12. The van der Waals surface area contributed by atoms with Gasteiger partial charge in [-0.2, -0.15) is 0 Å². The van der Waals surface area contributed by atoms with Crippen molar-refractivity contribution in [2.24, 2.45) is 0 Å². The molecule has 0 fully saturated rings. The zero-order valence-electron chi connectivity index (χ0n) is 13.7. The van der Waals surface area contributed by atoms with Crippen molar-refractivity contribution in [3.63, 3.8) is 0 Å².